The van der Waals surface area contributed by atoms with Crippen molar-refractivity contribution in [1.29, 1.82) is 0 Å². The average Bonchev–Trinajstić information content (AvgIpc) is 2.80. The van der Waals surface area contributed by atoms with Crippen LogP contribution in [0.5, 0.6) is 5.75 Å². The van der Waals surface area contributed by atoms with Crippen LogP contribution < -0.4 is 10.4 Å². The lowest BCUT2D eigenvalue weighted by Gasteiger charge is -2.37. The van der Waals surface area contributed by atoms with E-state index in [0.717, 1.165) is 37.5 Å². The second-order valence-electron chi connectivity index (χ2n) is 9.36. The van der Waals surface area contributed by atoms with Gasteiger partial charge in [0.05, 0.1) is 12.7 Å². The summed E-state index contributed by atoms with van der Waals surface area (Å²) in [6, 6.07) is 5.27. The van der Waals surface area contributed by atoms with Gasteiger partial charge in [-0.05, 0) is 87.1 Å². The van der Waals surface area contributed by atoms with Crippen LogP contribution >= 0.6 is 0 Å². The van der Waals surface area contributed by atoms with E-state index >= 15 is 0 Å². The molecular weight excluding hydrogens is 395 g/mol. The number of ether oxygens (including phenoxy) is 2. The normalized spacial score (nSPS) is 26.8. The highest BCUT2D eigenvalue weighted by Crippen LogP contribution is 2.43. The Morgan fingerprint density at radius 3 is 2.35 bits per heavy atom. The molecule has 0 bridgehead atoms. The molecule has 0 amide bonds. The maximum absolute atomic E-state index is 14.8. The highest BCUT2D eigenvalue weighted by Gasteiger charge is 2.32. The van der Waals surface area contributed by atoms with Gasteiger partial charge < -0.3 is 13.9 Å². The van der Waals surface area contributed by atoms with Crippen LogP contribution in [-0.2, 0) is 4.74 Å². The first-order chi connectivity index (χ1) is 15.1. The molecule has 31 heavy (non-hydrogen) atoms. The zero-order valence-corrected chi connectivity index (χ0v) is 18.8. The van der Waals surface area contributed by atoms with E-state index in [9.17, 15) is 9.18 Å². The Bertz CT molecular complexity index is 921. The van der Waals surface area contributed by atoms with Gasteiger partial charge in [0.15, 0.2) is 11.6 Å². The van der Waals surface area contributed by atoms with Gasteiger partial charge in [0.25, 0.3) is 0 Å². The molecular formula is C26H35FO4. The molecule has 0 unspecified atom stereocenters. The van der Waals surface area contributed by atoms with E-state index in [1.165, 1.54) is 38.5 Å². The smallest absolute Gasteiger partial charge is 0.346 e. The number of halogens is 1. The Morgan fingerprint density at radius 1 is 1.03 bits per heavy atom. The maximum atomic E-state index is 14.8. The molecule has 2 aliphatic carbocycles. The summed E-state index contributed by atoms with van der Waals surface area (Å²) in [5, 5.41) is 0.605. The molecule has 0 saturated heterocycles. The molecule has 2 aromatic rings. The molecule has 0 atom stereocenters. The molecule has 170 valence electrons. The number of fused-ring (bicyclic) bond motifs is 1. The second kappa shape index (κ2) is 10.2. The lowest BCUT2D eigenvalue weighted by atomic mass is 9.70. The molecule has 0 N–H and O–H groups in total. The van der Waals surface area contributed by atoms with E-state index < -0.39 is 11.4 Å². The molecule has 1 aromatic heterocycles. The topological polar surface area (TPSA) is 48.7 Å². The van der Waals surface area contributed by atoms with Crippen LogP contribution in [0.25, 0.3) is 10.8 Å². The molecule has 2 saturated carbocycles. The molecule has 4 nitrogen and oxygen atoms in total. The Hall–Kier alpha value is -1.88. The minimum absolute atomic E-state index is 0.00124. The number of benzene rings is 1. The van der Waals surface area contributed by atoms with Crippen molar-refractivity contribution in [2.45, 2.75) is 83.2 Å². The molecule has 0 spiro atoms. The third kappa shape index (κ3) is 4.97. The van der Waals surface area contributed by atoms with E-state index in [1.54, 1.807) is 12.1 Å². The molecule has 2 fully saturated rings. The quantitative estimate of drug-likeness (QED) is 0.465. The summed E-state index contributed by atoms with van der Waals surface area (Å²) in [4.78, 5) is 12.6. The SMILES string of the molecule is CCCCOc1ccc2cc(C3CCC(C4CCC(OC)CC4)CC3)oc(=O)c2c1F. The van der Waals surface area contributed by atoms with Crippen LogP contribution in [0.15, 0.2) is 27.4 Å². The van der Waals surface area contributed by atoms with Crippen LogP contribution in [0.1, 0.15) is 82.8 Å². The summed E-state index contributed by atoms with van der Waals surface area (Å²) in [5.41, 5.74) is -0.592. The number of hydrogen-bond donors (Lipinski definition) is 0. The van der Waals surface area contributed by atoms with Crippen molar-refractivity contribution in [3.8, 4) is 5.75 Å². The van der Waals surface area contributed by atoms with E-state index in [1.807, 2.05) is 13.2 Å². The van der Waals surface area contributed by atoms with Gasteiger partial charge >= 0.3 is 5.63 Å². The Labute approximate surface area is 184 Å². The molecule has 2 aliphatic rings. The van der Waals surface area contributed by atoms with Gasteiger partial charge in [0.1, 0.15) is 11.1 Å². The van der Waals surface area contributed by atoms with Gasteiger partial charge in [-0.15, -0.1) is 0 Å². The van der Waals surface area contributed by atoms with Crippen LogP contribution in [0.4, 0.5) is 4.39 Å². The standard InChI is InChI=1S/C26H35FO4/c1-3-4-15-30-22-14-11-20-16-23(31-26(28)24(20)25(22)27)19-7-5-17(6-8-19)18-9-12-21(29-2)13-10-18/h11,14,16-19,21H,3-10,12-13,15H2,1-2H3. The number of hydrogen-bond acceptors (Lipinski definition) is 4. The molecule has 4 rings (SSSR count). The maximum Gasteiger partial charge on any atom is 0.346 e. The summed E-state index contributed by atoms with van der Waals surface area (Å²) in [7, 11) is 1.82. The lowest BCUT2D eigenvalue weighted by molar-refractivity contribution is 0.0407. The Morgan fingerprint density at radius 2 is 1.71 bits per heavy atom. The summed E-state index contributed by atoms with van der Waals surface area (Å²) >= 11 is 0. The van der Waals surface area contributed by atoms with Crippen molar-refractivity contribution >= 4 is 10.8 Å². The first kappa shape index (κ1) is 22.3. The zero-order valence-electron chi connectivity index (χ0n) is 18.8. The minimum Gasteiger partial charge on any atom is -0.490 e. The van der Waals surface area contributed by atoms with Gasteiger partial charge in [-0.1, -0.05) is 19.4 Å². The molecule has 0 radical (unpaired) electrons. The third-order valence-electron chi connectivity index (χ3n) is 7.50. The van der Waals surface area contributed by atoms with Crippen molar-refractivity contribution in [2.24, 2.45) is 11.8 Å². The first-order valence-corrected chi connectivity index (χ1v) is 12.0. The molecule has 1 heterocycles. The van der Waals surface area contributed by atoms with Gasteiger partial charge in [0.2, 0.25) is 0 Å². The predicted octanol–water partition coefficient (Wildman–Crippen LogP) is 6.59. The van der Waals surface area contributed by atoms with Gasteiger partial charge in [-0.3, -0.25) is 0 Å². The number of rotatable bonds is 7. The minimum atomic E-state index is -0.607. The molecule has 0 aliphatic heterocycles. The monoisotopic (exact) mass is 430 g/mol. The van der Waals surface area contributed by atoms with E-state index in [0.29, 0.717) is 23.9 Å². The fourth-order valence-corrected chi connectivity index (χ4v) is 5.55. The third-order valence-corrected chi connectivity index (χ3v) is 7.50. The Kier molecular flexibility index (Phi) is 7.31. The zero-order chi connectivity index (χ0) is 21.8. The molecule has 1 aromatic carbocycles. The van der Waals surface area contributed by atoms with Crippen LogP contribution in [-0.4, -0.2) is 19.8 Å². The predicted molar refractivity (Wildman–Crippen MR) is 120 cm³/mol. The van der Waals surface area contributed by atoms with Gasteiger partial charge in [0, 0.05) is 13.0 Å². The van der Waals surface area contributed by atoms with Crippen molar-refractivity contribution in [3.05, 3.63) is 40.2 Å². The van der Waals surface area contributed by atoms with E-state index in [-0.39, 0.29) is 17.1 Å². The van der Waals surface area contributed by atoms with E-state index in [4.69, 9.17) is 13.9 Å². The summed E-state index contributed by atoms with van der Waals surface area (Å²) in [5.74, 6) is 2.04. The average molecular weight is 431 g/mol. The van der Waals surface area contributed by atoms with Crippen molar-refractivity contribution in [2.75, 3.05) is 13.7 Å². The summed E-state index contributed by atoms with van der Waals surface area (Å²) in [6.07, 6.45) is 11.6. The highest BCUT2D eigenvalue weighted by molar-refractivity contribution is 5.83. The first-order valence-electron chi connectivity index (χ1n) is 12.0. The number of unbranched alkanes of at least 4 members (excludes halogenated alkanes) is 1. The second-order valence-corrected chi connectivity index (χ2v) is 9.36. The Balaban J connectivity index is 1.43. The summed E-state index contributed by atoms with van der Waals surface area (Å²) < 4.78 is 31.5. The lowest BCUT2D eigenvalue weighted by Crippen LogP contribution is -2.28. The van der Waals surface area contributed by atoms with Crippen molar-refractivity contribution in [1.82, 2.24) is 0 Å². The van der Waals surface area contributed by atoms with Crippen LogP contribution in [0, 0.1) is 17.7 Å². The summed E-state index contributed by atoms with van der Waals surface area (Å²) in [6.45, 7) is 2.49. The largest absolute Gasteiger partial charge is 0.490 e. The van der Waals surface area contributed by atoms with Crippen LogP contribution in [0.2, 0.25) is 0 Å². The van der Waals surface area contributed by atoms with E-state index in [2.05, 4.69) is 6.92 Å². The fraction of sp³-hybridized carbons (Fsp3) is 0.654. The fourth-order valence-electron chi connectivity index (χ4n) is 5.55. The van der Waals surface area contributed by atoms with Gasteiger partial charge in [-0.2, -0.15) is 0 Å². The van der Waals surface area contributed by atoms with Crippen LogP contribution in [0.3, 0.4) is 0 Å². The molecule has 5 heteroatoms. The number of methoxy groups -OCH3 is 1. The highest BCUT2D eigenvalue weighted by atomic mass is 19.1. The van der Waals surface area contributed by atoms with Crippen molar-refractivity contribution in [3.63, 3.8) is 0 Å². The van der Waals surface area contributed by atoms with Crippen molar-refractivity contribution < 1.29 is 18.3 Å². The van der Waals surface area contributed by atoms with Gasteiger partial charge in [-0.25, -0.2) is 9.18 Å².